The van der Waals surface area contributed by atoms with Crippen LogP contribution in [-0.4, -0.2) is 37.9 Å². The number of carbonyl (C=O) groups is 1. The smallest absolute Gasteiger partial charge is 0.328 e. The van der Waals surface area contributed by atoms with Crippen molar-refractivity contribution in [2.45, 2.75) is 6.42 Å². The maximum atomic E-state index is 10.6. The molecule has 21 heavy (non-hydrogen) atoms. The second kappa shape index (κ2) is 7.43. The lowest BCUT2D eigenvalue weighted by Gasteiger charge is -2.28. The lowest BCUT2D eigenvalue weighted by atomic mass is 10.1. The molecule has 2 rings (SSSR count). The van der Waals surface area contributed by atoms with Crippen LogP contribution in [0, 0.1) is 0 Å². The van der Waals surface area contributed by atoms with Gasteiger partial charge in [-0.25, -0.2) is 4.79 Å². The van der Waals surface area contributed by atoms with E-state index in [4.69, 9.17) is 9.84 Å². The Labute approximate surface area is 132 Å². The van der Waals surface area contributed by atoms with E-state index in [0.717, 1.165) is 41.3 Å². The summed E-state index contributed by atoms with van der Waals surface area (Å²) in [5, 5.41) is 8.67. The maximum absolute atomic E-state index is 10.6. The molecule has 0 spiro atoms. The third-order valence-corrected chi connectivity index (χ3v) is 4.07. The van der Waals surface area contributed by atoms with Crippen LogP contribution in [-0.2, 0) is 9.53 Å². The molecule has 0 saturated carbocycles. The number of rotatable bonds is 5. The molecule has 0 aromatic heterocycles. The zero-order chi connectivity index (χ0) is 15.2. The quantitative estimate of drug-likeness (QED) is 0.652. The number of hydrogen-bond donors (Lipinski definition) is 1. The van der Waals surface area contributed by atoms with Crippen LogP contribution < -0.4 is 4.90 Å². The summed E-state index contributed by atoms with van der Waals surface area (Å²) < 4.78 is 6.05. The van der Waals surface area contributed by atoms with E-state index in [1.54, 1.807) is 13.2 Å². The normalized spacial score (nSPS) is 15.3. The van der Waals surface area contributed by atoms with E-state index in [-0.39, 0.29) is 0 Å². The monoisotopic (exact) mass is 351 g/mol. The number of carboxylic acid groups (broad SMARTS) is 1. The van der Waals surface area contributed by atoms with Crippen molar-refractivity contribution in [3.8, 4) is 0 Å². The summed E-state index contributed by atoms with van der Waals surface area (Å²) in [5.74, 6) is -0.946. The highest BCUT2D eigenvalue weighted by atomic mass is 79.9. The number of methoxy groups -OCH3 is 1. The minimum atomic E-state index is -0.946. The standard InChI is InChI=1S/C16H18BrNO3/c1-21-11-12-6-8-18(9-7-12)14-4-2-13(15(17)10-14)3-5-16(19)20/h2-6,10H,7-9,11H2,1H3,(H,19,20)/b5-3+. The average molecular weight is 352 g/mol. The van der Waals surface area contributed by atoms with Gasteiger partial charge in [0.15, 0.2) is 0 Å². The Hall–Kier alpha value is -1.59. The number of aliphatic carboxylic acids is 1. The van der Waals surface area contributed by atoms with Gasteiger partial charge in [-0.2, -0.15) is 0 Å². The van der Waals surface area contributed by atoms with E-state index in [2.05, 4.69) is 26.9 Å². The molecule has 1 aliphatic rings. The zero-order valence-corrected chi connectivity index (χ0v) is 13.5. The Bertz CT molecular complexity index is 581. The molecule has 0 bridgehead atoms. The molecule has 1 aliphatic heterocycles. The van der Waals surface area contributed by atoms with E-state index < -0.39 is 5.97 Å². The van der Waals surface area contributed by atoms with Gasteiger partial charge in [0.1, 0.15) is 0 Å². The fourth-order valence-electron chi connectivity index (χ4n) is 2.27. The molecular formula is C16H18BrNO3. The number of benzene rings is 1. The van der Waals surface area contributed by atoms with Gasteiger partial charge in [-0.1, -0.05) is 28.1 Å². The summed E-state index contributed by atoms with van der Waals surface area (Å²) in [6.45, 7) is 2.54. The van der Waals surface area contributed by atoms with Crippen molar-refractivity contribution < 1.29 is 14.6 Å². The first-order chi connectivity index (χ1) is 10.1. The molecule has 1 N–H and O–H groups in total. The van der Waals surface area contributed by atoms with Crippen LogP contribution in [0.2, 0.25) is 0 Å². The lowest BCUT2D eigenvalue weighted by molar-refractivity contribution is -0.131. The van der Waals surface area contributed by atoms with Crippen LogP contribution in [0.3, 0.4) is 0 Å². The van der Waals surface area contributed by atoms with Crippen molar-refractivity contribution in [3.05, 3.63) is 46.0 Å². The van der Waals surface area contributed by atoms with Gasteiger partial charge in [0.25, 0.3) is 0 Å². The van der Waals surface area contributed by atoms with E-state index in [1.807, 2.05) is 18.2 Å². The number of halogens is 1. The average Bonchev–Trinajstić information content (AvgIpc) is 2.47. The molecule has 1 aromatic rings. The SMILES string of the molecule is COCC1=CCN(c2ccc(/C=C/C(=O)O)c(Br)c2)CC1. The van der Waals surface area contributed by atoms with Crippen molar-refractivity contribution in [3.63, 3.8) is 0 Å². The van der Waals surface area contributed by atoms with Crippen molar-refractivity contribution in [2.75, 3.05) is 31.7 Å². The van der Waals surface area contributed by atoms with Crippen LogP contribution in [0.4, 0.5) is 5.69 Å². The molecule has 0 fully saturated rings. The van der Waals surface area contributed by atoms with Crippen LogP contribution in [0.1, 0.15) is 12.0 Å². The van der Waals surface area contributed by atoms with Gasteiger partial charge in [0.05, 0.1) is 6.61 Å². The van der Waals surface area contributed by atoms with Gasteiger partial charge in [-0.15, -0.1) is 0 Å². The van der Waals surface area contributed by atoms with Gasteiger partial charge in [-0.3, -0.25) is 0 Å². The summed E-state index contributed by atoms with van der Waals surface area (Å²) in [6, 6.07) is 5.96. The zero-order valence-electron chi connectivity index (χ0n) is 11.9. The molecule has 1 aromatic carbocycles. The van der Waals surface area contributed by atoms with E-state index in [9.17, 15) is 4.79 Å². The van der Waals surface area contributed by atoms with Crippen molar-refractivity contribution in [1.82, 2.24) is 0 Å². The second-order valence-electron chi connectivity index (χ2n) is 4.87. The van der Waals surface area contributed by atoms with Gasteiger partial charge in [-0.05, 0) is 35.8 Å². The minimum Gasteiger partial charge on any atom is -0.478 e. The van der Waals surface area contributed by atoms with E-state index in [0.29, 0.717) is 6.61 Å². The molecule has 0 aliphatic carbocycles. The molecule has 1 heterocycles. The molecule has 0 unspecified atom stereocenters. The van der Waals surface area contributed by atoms with Crippen molar-refractivity contribution >= 4 is 33.7 Å². The van der Waals surface area contributed by atoms with Crippen LogP contribution >= 0.6 is 15.9 Å². The topological polar surface area (TPSA) is 49.8 Å². The molecule has 0 amide bonds. The molecule has 4 nitrogen and oxygen atoms in total. The predicted octanol–water partition coefficient (Wildman–Crippen LogP) is 3.33. The highest BCUT2D eigenvalue weighted by molar-refractivity contribution is 9.10. The number of nitrogens with zero attached hydrogens (tertiary/aromatic N) is 1. The van der Waals surface area contributed by atoms with Crippen LogP contribution in [0.15, 0.2) is 40.4 Å². The Kier molecular flexibility index (Phi) is 5.59. The summed E-state index contributed by atoms with van der Waals surface area (Å²) in [5.41, 5.74) is 3.32. The van der Waals surface area contributed by atoms with Gasteiger partial charge < -0.3 is 14.7 Å². The number of hydrogen-bond acceptors (Lipinski definition) is 3. The summed E-state index contributed by atoms with van der Waals surface area (Å²) >= 11 is 3.49. The first-order valence-corrected chi connectivity index (χ1v) is 7.52. The highest BCUT2D eigenvalue weighted by Gasteiger charge is 2.13. The van der Waals surface area contributed by atoms with E-state index >= 15 is 0 Å². The molecule has 0 saturated heterocycles. The summed E-state index contributed by atoms with van der Waals surface area (Å²) in [6.07, 6.45) is 5.94. The van der Waals surface area contributed by atoms with Gasteiger partial charge >= 0.3 is 5.97 Å². The van der Waals surface area contributed by atoms with E-state index in [1.165, 1.54) is 5.57 Å². The third kappa shape index (κ3) is 4.44. The molecule has 0 atom stereocenters. The minimum absolute atomic E-state index is 0.705. The molecular weight excluding hydrogens is 334 g/mol. The third-order valence-electron chi connectivity index (χ3n) is 3.39. The second-order valence-corrected chi connectivity index (χ2v) is 5.72. The number of ether oxygens (including phenoxy) is 1. The lowest BCUT2D eigenvalue weighted by Crippen LogP contribution is -2.29. The fourth-order valence-corrected chi connectivity index (χ4v) is 2.77. The fraction of sp³-hybridized carbons (Fsp3) is 0.312. The highest BCUT2D eigenvalue weighted by Crippen LogP contribution is 2.27. The van der Waals surface area contributed by atoms with Gasteiger partial charge in [0.2, 0.25) is 0 Å². The largest absolute Gasteiger partial charge is 0.478 e. The first-order valence-electron chi connectivity index (χ1n) is 6.72. The van der Waals surface area contributed by atoms with Gasteiger partial charge in [0, 0.05) is 36.4 Å². The van der Waals surface area contributed by atoms with Crippen molar-refractivity contribution in [1.29, 1.82) is 0 Å². The summed E-state index contributed by atoms with van der Waals surface area (Å²) in [7, 11) is 1.72. The Morgan fingerprint density at radius 3 is 2.90 bits per heavy atom. The number of anilines is 1. The van der Waals surface area contributed by atoms with Crippen LogP contribution in [0.5, 0.6) is 0 Å². The molecule has 0 radical (unpaired) electrons. The maximum Gasteiger partial charge on any atom is 0.328 e. The first kappa shape index (κ1) is 15.8. The Morgan fingerprint density at radius 1 is 1.52 bits per heavy atom. The molecule has 112 valence electrons. The van der Waals surface area contributed by atoms with Crippen LogP contribution in [0.25, 0.3) is 6.08 Å². The molecule has 5 heteroatoms. The summed E-state index contributed by atoms with van der Waals surface area (Å²) in [4.78, 5) is 12.8. The van der Waals surface area contributed by atoms with Crippen molar-refractivity contribution in [2.24, 2.45) is 0 Å². The Morgan fingerprint density at radius 2 is 2.33 bits per heavy atom. The predicted molar refractivity (Wildman–Crippen MR) is 87.6 cm³/mol. The number of carboxylic acids is 1. The Balaban J connectivity index is 2.09.